The first-order valence-corrected chi connectivity index (χ1v) is 5.75. The van der Waals surface area contributed by atoms with Crippen molar-refractivity contribution in [1.82, 2.24) is 5.32 Å². The third-order valence-corrected chi connectivity index (χ3v) is 2.33. The molecule has 1 amide bonds. The molecule has 0 aliphatic carbocycles. The first-order valence-electron chi connectivity index (χ1n) is 5.75. The lowest BCUT2D eigenvalue weighted by Crippen LogP contribution is -2.32. The van der Waals surface area contributed by atoms with Crippen molar-refractivity contribution < 1.29 is 15.0 Å². The van der Waals surface area contributed by atoms with Crippen LogP contribution in [0.25, 0.3) is 6.08 Å². The zero-order valence-corrected chi connectivity index (χ0v) is 10.0. The van der Waals surface area contributed by atoms with Crippen LogP contribution in [-0.2, 0) is 4.79 Å². The van der Waals surface area contributed by atoms with Crippen LogP contribution in [0.1, 0.15) is 12.0 Å². The van der Waals surface area contributed by atoms with Crippen molar-refractivity contribution in [2.45, 2.75) is 12.5 Å². The fourth-order valence-corrected chi connectivity index (χ4v) is 1.33. The van der Waals surface area contributed by atoms with Gasteiger partial charge >= 0.3 is 0 Å². The lowest BCUT2D eigenvalue weighted by Gasteiger charge is -2.08. The van der Waals surface area contributed by atoms with E-state index in [1.54, 1.807) is 30.3 Å². The highest BCUT2D eigenvalue weighted by atomic mass is 16.3. The van der Waals surface area contributed by atoms with Gasteiger partial charge in [0.15, 0.2) is 0 Å². The summed E-state index contributed by atoms with van der Waals surface area (Å²) in [6.07, 6.45) is 2.86. The lowest BCUT2D eigenvalue weighted by molar-refractivity contribution is -0.116. The van der Waals surface area contributed by atoms with Gasteiger partial charge in [0.25, 0.3) is 0 Å². The van der Waals surface area contributed by atoms with Crippen LogP contribution in [0.4, 0.5) is 0 Å². The highest BCUT2D eigenvalue weighted by Gasteiger charge is 2.03. The van der Waals surface area contributed by atoms with Gasteiger partial charge in [-0.2, -0.15) is 0 Å². The van der Waals surface area contributed by atoms with Crippen molar-refractivity contribution >= 4 is 12.0 Å². The van der Waals surface area contributed by atoms with Crippen molar-refractivity contribution in [3.63, 3.8) is 0 Å². The Bertz CT molecular complexity index is 401. The smallest absolute Gasteiger partial charge is 0.244 e. The topological polar surface area (TPSA) is 95.6 Å². The lowest BCUT2D eigenvalue weighted by atomic mass is 10.2. The summed E-state index contributed by atoms with van der Waals surface area (Å²) in [6.45, 7) is 0.580. The van der Waals surface area contributed by atoms with Gasteiger partial charge in [-0.3, -0.25) is 4.79 Å². The Morgan fingerprint density at radius 1 is 1.39 bits per heavy atom. The average molecular weight is 250 g/mol. The summed E-state index contributed by atoms with van der Waals surface area (Å²) in [7, 11) is 0. The molecule has 0 aliphatic rings. The molecule has 0 spiro atoms. The van der Waals surface area contributed by atoms with Crippen molar-refractivity contribution in [3.8, 4) is 5.75 Å². The van der Waals surface area contributed by atoms with Gasteiger partial charge in [0.2, 0.25) is 5.91 Å². The molecular formula is C13H18N2O3. The number of nitrogens with two attached hydrogens (primary N) is 1. The van der Waals surface area contributed by atoms with Gasteiger partial charge in [-0.25, -0.2) is 0 Å². The number of aliphatic hydroxyl groups is 1. The van der Waals surface area contributed by atoms with E-state index in [1.807, 2.05) is 0 Å². The maximum absolute atomic E-state index is 11.4. The maximum Gasteiger partial charge on any atom is 0.244 e. The van der Waals surface area contributed by atoms with Gasteiger partial charge in [0.05, 0.1) is 6.10 Å². The Labute approximate surface area is 106 Å². The molecule has 0 aliphatic heterocycles. The summed E-state index contributed by atoms with van der Waals surface area (Å²) < 4.78 is 0. The minimum absolute atomic E-state index is 0.182. The van der Waals surface area contributed by atoms with Gasteiger partial charge in [-0.05, 0) is 36.7 Å². The number of hydrogen-bond donors (Lipinski definition) is 4. The summed E-state index contributed by atoms with van der Waals surface area (Å²) in [4.78, 5) is 11.4. The van der Waals surface area contributed by atoms with E-state index >= 15 is 0 Å². The van der Waals surface area contributed by atoms with Crippen molar-refractivity contribution in [2.24, 2.45) is 5.73 Å². The van der Waals surface area contributed by atoms with Crippen LogP contribution in [0.3, 0.4) is 0 Å². The number of carbonyl (C=O) groups is 1. The van der Waals surface area contributed by atoms with E-state index < -0.39 is 6.10 Å². The predicted molar refractivity (Wildman–Crippen MR) is 69.8 cm³/mol. The fraction of sp³-hybridized carbons (Fsp3) is 0.308. The van der Waals surface area contributed by atoms with E-state index in [0.29, 0.717) is 13.0 Å². The third-order valence-electron chi connectivity index (χ3n) is 2.33. The molecule has 0 radical (unpaired) electrons. The monoisotopic (exact) mass is 250 g/mol. The van der Waals surface area contributed by atoms with Gasteiger partial charge in [-0.15, -0.1) is 0 Å². The van der Waals surface area contributed by atoms with Gasteiger partial charge < -0.3 is 21.3 Å². The predicted octanol–water partition coefficient (Wildman–Crippen LogP) is 0.231. The van der Waals surface area contributed by atoms with Gasteiger partial charge in [0.1, 0.15) is 5.75 Å². The summed E-state index contributed by atoms with van der Waals surface area (Å²) in [5, 5.41) is 21.0. The SMILES string of the molecule is NCC[C@H](O)CNC(=O)/C=C/c1ccc(O)cc1. The van der Waals surface area contributed by atoms with Crippen LogP contribution in [0.2, 0.25) is 0 Å². The van der Waals surface area contributed by atoms with Crippen molar-refractivity contribution in [1.29, 1.82) is 0 Å². The van der Waals surface area contributed by atoms with Gasteiger partial charge in [-0.1, -0.05) is 12.1 Å². The molecule has 1 aromatic rings. The first-order chi connectivity index (χ1) is 8.61. The molecule has 18 heavy (non-hydrogen) atoms. The van der Waals surface area contributed by atoms with Crippen LogP contribution in [0.5, 0.6) is 5.75 Å². The number of benzene rings is 1. The molecule has 0 saturated carbocycles. The highest BCUT2D eigenvalue weighted by molar-refractivity contribution is 5.91. The number of amides is 1. The average Bonchev–Trinajstić information content (AvgIpc) is 2.36. The molecule has 0 aromatic heterocycles. The molecule has 0 saturated heterocycles. The van der Waals surface area contributed by atoms with E-state index in [1.165, 1.54) is 6.08 Å². The van der Waals surface area contributed by atoms with E-state index in [9.17, 15) is 9.90 Å². The Morgan fingerprint density at radius 3 is 2.67 bits per heavy atom. The summed E-state index contributed by atoms with van der Waals surface area (Å²) in [6, 6.07) is 6.48. The number of aliphatic hydroxyl groups excluding tert-OH is 1. The molecular weight excluding hydrogens is 232 g/mol. The number of hydrogen-bond acceptors (Lipinski definition) is 4. The van der Waals surface area contributed by atoms with Crippen LogP contribution < -0.4 is 11.1 Å². The Kier molecular flexibility index (Phi) is 5.90. The Morgan fingerprint density at radius 2 is 2.06 bits per heavy atom. The standard InChI is InChI=1S/C13H18N2O3/c14-8-7-12(17)9-15-13(18)6-3-10-1-4-11(16)5-2-10/h1-6,12,16-17H,7-9,14H2,(H,15,18)/b6-3+/t12-/m0/s1. The molecule has 0 fully saturated rings. The third kappa shape index (κ3) is 5.47. The van der Waals surface area contributed by atoms with Crippen LogP contribution in [0.15, 0.2) is 30.3 Å². The molecule has 0 unspecified atom stereocenters. The minimum atomic E-state index is -0.610. The molecule has 0 bridgehead atoms. The van der Waals surface area contributed by atoms with Crippen LogP contribution >= 0.6 is 0 Å². The summed E-state index contributed by atoms with van der Waals surface area (Å²) in [5.41, 5.74) is 6.09. The molecule has 0 heterocycles. The summed E-state index contributed by atoms with van der Waals surface area (Å²) in [5.74, 6) is -0.0966. The molecule has 1 atom stereocenters. The molecule has 5 heteroatoms. The van der Waals surface area contributed by atoms with E-state index in [-0.39, 0.29) is 18.2 Å². The van der Waals surface area contributed by atoms with Crippen LogP contribution in [0, 0.1) is 0 Å². The fourth-order valence-electron chi connectivity index (χ4n) is 1.33. The van der Waals surface area contributed by atoms with Gasteiger partial charge in [0, 0.05) is 12.6 Å². The highest BCUT2D eigenvalue weighted by Crippen LogP contribution is 2.10. The van der Waals surface area contributed by atoms with E-state index in [4.69, 9.17) is 10.8 Å². The molecule has 1 aromatic carbocycles. The largest absolute Gasteiger partial charge is 0.508 e. The molecule has 98 valence electrons. The number of nitrogens with one attached hydrogen (secondary N) is 1. The number of phenolic OH excluding ortho intramolecular Hbond substituents is 1. The Balaban J connectivity index is 2.37. The maximum atomic E-state index is 11.4. The van der Waals surface area contributed by atoms with E-state index in [0.717, 1.165) is 5.56 Å². The number of carbonyl (C=O) groups excluding carboxylic acids is 1. The number of aromatic hydroxyl groups is 1. The first kappa shape index (κ1) is 14.2. The second-order valence-electron chi connectivity index (χ2n) is 3.90. The van der Waals surface area contributed by atoms with Crippen molar-refractivity contribution in [3.05, 3.63) is 35.9 Å². The molecule has 1 rings (SSSR count). The summed E-state index contributed by atoms with van der Waals surface area (Å²) >= 11 is 0. The number of phenols is 1. The minimum Gasteiger partial charge on any atom is -0.508 e. The molecule has 5 N–H and O–H groups in total. The van der Waals surface area contributed by atoms with E-state index in [2.05, 4.69) is 5.32 Å². The Hall–Kier alpha value is -1.85. The van der Waals surface area contributed by atoms with Crippen molar-refractivity contribution in [2.75, 3.05) is 13.1 Å². The quantitative estimate of drug-likeness (QED) is 0.543. The second-order valence-corrected chi connectivity index (χ2v) is 3.90. The van der Waals surface area contributed by atoms with Crippen LogP contribution in [-0.4, -0.2) is 35.3 Å². The zero-order valence-electron chi connectivity index (χ0n) is 10.0. The normalized spacial score (nSPS) is 12.6. The zero-order chi connectivity index (χ0) is 13.4. The number of rotatable bonds is 6. The molecule has 5 nitrogen and oxygen atoms in total. The second kappa shape index (κ2) is 7.47.